The van der Waals surface area contributed by atoms with Crippen molar-refractivity contribution < 1.29 is 29.3 Å². The fourth-order valence-corrected chi connectivity index (χ4v) is 6.15. The summed E-state index contributed by atoms with van der Waals surface area (Å²) in [6.45, 7) is -0.888. The Balaban J connectivity index is 1.01. The number of hydrogen-bond acceptors (Lipinski definition) is 6. The Labute approximate surface area is 250 Å². The highest BCUT2D eigenvalue weighted by atomic mass is 16.6. The van der Waals surface area contributed by atoms with Crippen LogP contribution in [0.3, 0.4) is 0 Å². The van der Waals surface area contributed by atoms with Crippen molar-refractivity contribution in [2.24, 2.45) is 5.41 Å². The van der Waals surface area contributed by atoms with Gasteiger partial charge in [0.25, 0.3) is 0 Å². The van der Waals surface area contributed by atoms with Crippen LogP contribution in [0.15, 0.2) is 97.1 Å². The van der Waals surface area contributed by atoms with Crippen molar-refractivity contribution in [1.29, 1.82) is 0 Å². The third kappa shape index (κ3) is 5.59. The number of ether oxygens (including phenoxy) is 2. The van der Waals surface area contributed by atoms with Crippen LogP contribution < -0.4 is 10.6 Å². The van der Waals surface area contributed by atoms with Crippen molar-refractivity contribution >= 4 is 12.2 Å². The lowest BCUT2D eigenvalue weighted by molar-refractivity contribution is 0.0501. The quantitative estimate of drug-likeness (QED) is 0.210. The van der Waals surface area contributed by atoms with E-state index in [1.54, 1.807) is 0 Å². The van der Waals surface area contributed by atoms with Gasteiger partial charge in [0.2, 0.25) is 0 Å². The average molecular weight is 579 g/mol. The topological polar surface area (TPSA) is 117 Å². The smallest absolute Gasteiger partial charge is 0.407 e. The summed E-state index contributed by atoms with van der Waals surface area (Å²) in [5, 5.41) is 25.5. The highest BCUT2D eigenvalue weighted by molar-refractivity contribution is 5.80. The van der Waals surface area contributed by atoms with Crippen LogP contribution in [-0.2, 0) is 9.47 Å². The van der Waals surface area contributed by atoms with Crippen LogP contribution in [0.2, 0.25) is 0 Å². The standard InChI is InChI=1S/C35H34N2O6/c38-21-35(22-39,19-36-33(40)42-17-31-27-13-5-1-9-23(27)24-10-2-6-14-28(24)31)20-37-34(41)43-18-32-29-15-7-3-11-25(29)26-12-4-8-16-30(26)32/h1-16,31-32,38-39H,17-22H2,(H,36,40)(H,37,41). The number of fused-ring (bicyclic) bond motifs is 6. The molecule has 43 heavy (non-hydrogen) atoms. The molecule has 4 aromatic carbocycles. The van der Waals surface area contributed by atoms with E-state index in [2.05, 4.69) is 34.9 Å². The van der Waals surface area contributed by atoms with E-state index in [0.29, 0.717) is 0 Å². The van der Waals surface area contributed by atoms with Crippen molar-refractivity contribution in [1.82, 2.24) is 10.6 Å². The summed E-state index contributed by atoms with van der Waals surface area (Å²) in [6.07, 6.45) is -1.34. The Morgan fingerprint density at radius 3 is 1.16 bits per heavy atom. The molecule has 0 saturated carbocycles. The number of carbonyl (C=O) groups is 2. The Morgan fingerprint density at radius 1 is 0.558 bits per heavy atom. The van der Waals surface area contributed by atoms with Gasteiger partial charge in [0, 0.05) is 24.9 Å². The predicted molar refractivity (Wildman–Crippen MR) is 163 cm³/mol. The van der Waals surface area contributed by atoms with Crippen molar-refractivity contribution in [3.05, 3.63) is 119 Å². The maximum Gasteiger partial charge on any atom is 0.407 e. The first-order valence-electron chi connectivity index (χ1n) is 14.4. The van der Waals surface area contributed by atoms with E-state index in [1.807, 2.05) is 72.8 Å². The number of hydrogen-bond donors (Lipinski definition) is 4. The molecule has 0 heterocycles. The van der Waals surface area contributed by atoms with Gasteiger partial charge in [-0.2, -0.15) is 0 Å². The second-order valence-corrected chi connectivity index (χ2v) is 11.2. The molecule has 2 aliphatic carbocycles. The zero-order chi connectivity index (χ0) is 29.8. The van der Waals surface area contributed by atoms with Crippen molar-refractivity contribution in [2.75, 3.05) is 39.5 Å². The van der Waals surface area contributed by atoms with Crippen molar-refractivity contribution in [3.63, 3.8) is 0 Å². The maximum absolute atomic E-state index is 12.7. The molecule has 0 saturated heterocycles. The summed E-state index contributed by atoms with van der Waals surface area (Å²) >= 11 is 0. The Hall–Kier alpha value is -4.66. The zero-order valence-electron chi connectivity index (χ0n) is 23.7. The minimum atomic E-state index is -1.21. The second-order valence-electron chi connectivity index (χ2n) is 11.2. The Kier molecular flexibility index (Phi) is 8.13. The summed E-state index contributed by atoms with van der Waals surface area (Å²) in [6, 6.07) is 32.3. The van der Waals surface area contributed by atoms with Gasteiger partial charge < -0.3 is 30.3 Å². The molecule has 4 aromatic rings. The molecule has 0 bridgehead atoms. The highest BCUT2D eigenvalue weighted by Crippen LogP contribution is 2.45. The molecule has 0 unspecified atom stereocenters. The maximum atomic E-state index is 12.7. The van der Waals surface area contributed by atoms with E-state index in [-0.39, 0.29) is 38.1 Å². The molecule has 220 valence electrons. The minimum absolute atomic E-state index is 0.0891. The van der Waals surface area contributed by atoms with E-state index in [0.717, 1.165) is 44.5 Å². The van der Waals surface area contributed by atoms with E-state index < -0.39 is 30.8 Å². The van der Waals surface area contributed by atoms with Gasteiger partial charge in [-0.1, -0.05) is 97.1 Å². The normalized spacial score (nSPS) is 13.4. The average Bonchev–Trinajstić information content (AvgIpc) is 3.55. The van der Waals surface area contributed by atoms with Gasteiger partial charge in [-0.25, -0.2) is 9.59 Å². The van der Waals surface area contributed by atoms with Crippen LogP contribution in [0.4, 0.5) is 9.59 Å². The van der Waals surface area contributed by atoms with Crippen LogP contribution in [0.1, 0.15) is 34.1 Å². The molecule has 2 aliphatic rings. The van der Waals surface area contributed by atoms with Gasteiger partial charge in [0.05, 0.1) is 18.6 Å². The first-order chi connectivity index (χ1) is 21.0. The number of carbonyl (C=O) groups excluding carboxylic acids is 2. The number of benzene rings is 4. The number of aliphatic hydroxyl groups excluding tert-OH is 2. The molecular weight excluding hydrogens is 544 g/mol. The van der Waals surface area contributed by atoms with Crippen LogP contribution in [0, 0.1) is 5.41 Å². The number of aliphatic hydroxyl groups is 2. The van der Waals surface area contributed by atoms with Crippen LogP contribution >= 0.6 is 0 Å². The van der Waals surface area contributed by atoms with Gasteiger partial charge >= 0.3 is 12.2 Å². The van der Waals surface area contributed by atoms with Gasteiger partial charge in [0.1, 0.15) is 13.2 Å². The molecule has 0 spiro atoms. The fourth-order valence-electron chi connectivity index (χ4n) is 6.15. The molecule has 0 aliphatic heterocycles. The first kappa shape index (κ1) is 28.5. The molecule has 4 N–H and O–H groups in total. The third-order valence-electron chi connectivity index (χ3n) is 8.57. The second kappa shape index (κ2) is 12.3. The number of nitrogens with one attached hydrogen (secondary N) is 2. The van der Waals surface area contributed by atoms with E-state index in [9.17, 15) is 19.8 Å². The van der Waals surface area contributed by atoms with Gasteiger partial charge in [-0.05, 0) is 44.5 Å². The number of amides is 2. The zero-order valence-corrected chi connectivity index (χ0v) is 23.7. The Bertz CT molecular complexity index is 1420. The summed E-state index contributed by atoms with van der Waals surface area (Å²) in [4.78, 5) is 25.4. The van der Waals surface area contributed by atoms with Gasteiger partial charge in [-0.15, -0.1) is 0 Å². The lowest BCUT2D eigenvalue weighted by Crippen LogP contribution is -2.50. The van der Waals surface area contributed by atoms with E-state index in [1.165, 1.54) is 0 Å². The molecule has 6 rings (SSSR count). The van der Waals surface area contributed by atoms with Crippen LogP contribution in [0.5, 0.6) is 0 Å². The largest absolute Gasteiger partial charge is 0.449 e. The molecular formula is C35H34N2O6. The Morgan fingerprint density at radius 2 is 0.860 bits per heavy atom. The highest BCUT2D eigenvalue weighted by Gasteiger charge is 2.33. The summed E-state index contributed by atoms with van der Waals surface area (Å²) in [7, 11) is 0. The molecule has 0 fully saturated rings. The monoisotopic (exact) mass is 578 g/mol. The molecule has 8 nitrogen and oxygen atoms in total. The number of alkyl carbamates (subject to hydrolysis) is 2. The van der Waals surface area contributed by atoms with Crippen molar-refractivity contribution in [3.8, 4) is 22.3 Å². The fraction of sp³-hybridized carbons (Fsp3) is 0.257. The predicted octanol–water partition coefficient (Wildman–Crippen LogP) is 5.03. The van der Waals surface area contributed by atoms with Crippen LogP contribution in [0.25, 0.3) is 22.3 Å². The number of rotatable bonds is 10. The molecule has 0 atom stereocenters. The third-order valence-corrected chi connectivity index (χ3v) is 8.57. The molecule has 2 amide bonds. The molecule has 8 heteroatoms. The SMILES string of the molecule is O=C(NCC(CO)(CO)CNC(=O)OCC1c2ccccc2-c2ccccc21)OCC1c2ccccc2-c2ccccc21. The van der Waals surface area contributed by atoms with Crippen LogP contribution in [-0.4, -0.2) is 61.9 Å². The van der Waals surface area contributed by atoms with E-state index >= 15 is 0 Å². The lowest BCUT2D eigenvalue weighted by atomic mass is 9.90. The van der Waals surface area contributed by atoms with Gasteiger partial charge in [-0.3, -0.25) is 0 Å². The summed E-state index contributed by atoms with van der Waals surface area (Å²) in [5.74, 6) is -0.178. The lowest BCUT2D eigenvalue weighted by Gasteiger charge is -2.30. The van der Waals surface area contributed by atoms with Crippen molar-refractivity contribution in [2.45, 2.75) is 11.8 Å². The minimum Gasteiger partial charge on any atom is -0.449 e. The summed E-state index contributed by atoms with van der Waals surface area (Å²) in [5.41, 5.74) is 7.71. The molecule has 0 aromatic heterocycles. The molecule has 0 radical (unpaired) electrons. The van der Waals surface area contributed by atoms with E-state index in [4.69, 9.17) is 9.47 Å². The summed E-state index contributed by atoms with van der Waals surface area (Å²) < 4.78 is 11.2. The first-order valence-corrected chi connectivity index (χ1v) is 14.4. The van der Waals surface area contributed by atoms with Gasteiger partial charge in [0.15, 0.2) is 0 Å².